The topological polar surface area (TPSA) is 75.6 Å². The van der Waals surface area contributed by atoms with Crippen LogP contribution in [-0.2, 0) is 10.9 Å². The molecule has 0 N–H and O–H groups in total. The van der Waals surface area contributed by atoms with Crippen molar-refractivity contribution in [1.82, 2.24) is 14.9 Å². The first-order chi connectivity index (χ1) is 16.6. The van der Waals surface area contributed by atoms with Gasteiger partial charge in [0.2, 0.25) is 0 Å². The molecule has 0 spiro atoms. The summed E-state index contributed by atoms with van der Waals surface area (Å²) >= 11 is 0. The lowest BCUT2D eigenvalue weighted by atomic mass is 10.1. The molecule has 35 heavy (non-hydrogen) atoms. The molecule has 2 heterocycles. The molecule has 0 saturated carbocycles. The van der Waals surface area contributed by atoms with Crippen molar-refractivity contribution < 1.29 is 27.5 Å². The number of alkyl halides is 3. The van der Waals surface area contributed by atoms with E-state index in [1.807, 2.05) is 30.9 Å². The van der Waals surface area contributed by atoms with E-state index in [1.165, 1.54) is 23.1 Å². The molecule has 7 nitrogen and oxygen atoms in total. The van der Waals surface area contributed by atoms with Crippen LogP contribution in [0.25, 0.3) is 11.0 Å². The Morgan fingerprint density at radius 1 is 0.971 bits per heavy atom. The van der Waals surface area contributed by atoms with Crippen molar-refractivity contribution in [3.63, 3.8) is 0 Å². The van der Waals surface area contributed by atoms with Crippen LogP contribution >= 0.6 is 0 Å². The number of halogens is 3. The fourth-order valence-electron chi connectivity index (χ4n) is 4.07. The molecule has 184 valence electrons. The Bertz CT molecular complexity index is 1280. The second kappa shape index (κ2) is 9.52. The van der Waals surface area contributed by atoms with Gasteiger partial charge in [-0.2, -0.15) is 13.2 Å². The summed E-state index contributed by atoms with van der Waals surface area (Å²) in [4.78, 5) is 38.0. The average molecular weight is 486 g/mol. The molecule has 10 heteroatoms. The van der Waals surface area contributed by atoms with Crippen molar-refractivity contribution in [3.05, 3.63) is 64.3 Å². The number of carbonyl (C=O) groups is 2. The first-order valence-corrected chi connectivity index (χ1v) is 11.3. The lowest BCUT2D eigenvalue weighted by Gasteiger charge is -2.36. The van der Waals surface area contributed by atoms with Crippen LogP contribution in [0.1, 0.15) is 44.5 Å². The maximum absolute atomic E-state index is 13.4. The van der Waals surface area contributed by atoms with Crippen LogP contribution in [0.15, 0.2) is 36.4 Å². The van der Waals surface area contributed by atoms with E-state index in [0.29, 0.717) is 16.9 Å². The first-order valence-electron chi connectivity index (χ1n) is 11.3. The Balaban J connectivity index is 1.61. The number of piperazine rings is 1. The monoisotopic (exact) mass is 486 g/mol. The van der Waals surface area contributed by atoms with E-state index in [9.17, 15) is 22.8 Å². The van der Waals surface area contributed by atoms with Gasteiger partial charge in [-0.1, -0.05) is 12.1 Å². The lowest BCUT2D eigenvalue weighted by molar-refractivity contribution is -0.138. The number of rotatable bonds is 4. The van der Waals surface area contributed by atoms with E-state index in [-0.39, 0.29) is 44.0 Å². The van der Waals surface area contributed by atoms with Gasteiger partial charge in [0.1, 0.15) is 0 Å². The van der Waals surface area contributed by atoms with Crippen molar-refractivity contribution in [2.45, 2.75) is 26.9 Å². The van der Waals surface area contributed by atoms with Gasteiger partial charge in [0.25, 0.3) is 5.91 Å². The van der Waals surface area contributed by atoms with Crippen molar-refractivity contribution in [3.8, 4) is 0 Å². The smallest absolute Gasteiger partial charge is 0.417 e. The van der Waals surface area contributed by atoms with E-state index < -0.39 is 23.6 Å². The average Bonchev–Trinajstić information content (AvgIpc) is 2.83. The van der Waals surface area contributed by atoms with Gasteiger partial charge >= 0.3 is 12.1 Å². The fourth-order valence-corrected chi connectivity index (χ4v) is 4.07. The molecule has 1 aliphatic heterocycles. The quantitative estimate of drug-likeness (QED) is 0.509. The van der Waals surface area contributed by atoms with Crippen LogP contribution < -0.4 is 4.90 Å². The zero-order valence-electron chi connectivity index (χ0n) is 19.6. The molecule has 0 bridgehead atoms. The molecule has 1 amide bonds. The number of hydrogen-bond acceptors (Lipinski definition) is 6. The van der Waals surface area contributed by atoms with Crippen molar-refractivity contribution in [2.75, 3.05) is 37.7 Å². The SMILES string of the molecule is CCOC(=O)c1nc2cc(C)c(C)cc2nc1N1CCN(C(=O)c2ccccc2C(F)(F)F)CC1. The maximum atomic E-state index is 13.4. The predicted molar refractivity (Wildman–Crippen MR) is 125 cm³/mol. The summed E-state index contributed by atoms with van der Waals surface area (Å²) in [5, 5.41) is 0. The summed E-state index contributed by atoms with van der Waals surface area (Å²) in [5.41, 5.74) is 1.97. The molecule has 1 aliphatic rings. The van der Waals surface area contributed by atoms with Crippen molar-refractivity contribution >= 4 is 28.7 Å². The second-order valence-electron chi connectivity index (χ2n) is 8.36. The highest BCUT2D eigenvalue weighted by atomic mass is 19.4. The highest BCUT2D eigenvalue weighted by Gasteiger charge is 2.36. The van der Waals surface area contributed by atoms with Crippen molar-refractivity contribution in [1.29, 1.82) is 0 Å². The number of amides is 1. The largest absolute Gasteiger partial charge is 0.461 e. The highest BCUT2D eigenvalue weighted by Crippen LogP contribution is 2.33. The van der Waals surface area contributed by atoms with Gasteiger partial charge in [-0.15, -0.1) is 0 Å². The van der Waals surface area contributed by atoms with Gasteiger partial charge in [0, 0.05) is 26.2 Å². The summed E-state index contributed by atoms with van der Waals surface area (Å²) < 4.78 is 45.3. The highest BCUT2D eigenvalue weighted by molar-refractivity contribution is 5.97. The molecule has 1 aromatic heterocycles. The lowest BCUT2D eigenvalue weighted by Crippen LogP contribution is -2.49. The Morgan fingerprint density at radius 2 is 1.57 bits per heavy atom. The molecule has 4 rings (SSSR count). The summed E-state index contributed by atoms with van der Waals surface area (Å²) in [6.07, 6.45) is -4.63. The van der Waals surface area contributed by atoms with Crippen molar-refractivity contribution in [2.24, 2.45) is 0 Å². The summed E-state index contributed by atoms with van der Waals surface area (Å²) in [6, 6.07) is 8.52. The van der Waals surface area contributed by atoms with E-state index in [4.69, 9.17) is 4.74 Å². The summed E-state index contributed by atoms with van der Waals surface area (Å²) in [6.45, 7) is 6.66. The molecule has 0 atom stereocenters. The van der Waals surface area contributed by atoms with Crippen LogP contribution in [0.5, 0.6) is 0 Å². The zero-order valence-corrected chi connectivity index (χ0v) is 19.6. The van der Waals surface area contributed by atoms with Crippen LogP contribution in [0.3, 0.4) is 0 Å². The Hall–Kier alpha value is -3.69. The van der Waals surface area contributed by atoms with E-state index in [1.54, 1.807) is 6.92 Å². The second-order valence-corrected chi connectivity index (χ2v) is 8.36. The molecule has 2 aromatic carbocycles. The third-order valence-electron chi connectivity index (χ3n) is 6.06. The molecule has 0 aliphatic carbocycles. The molecular formula is C25H25F3N4O3. The summed E-state index contributed by atoms with van der Waals surface area (Å²) in [7, 11) is 0. The Kier molecular flexibility index (Phi) is 6.64. The molecule has 1 saturated heterocycles. The van der Waals surface area contributed by atoms with Gasteiger partial charge < -0.3 is 14.5 Å². The van der Waals surface area contributed by atoms with E-state index in [0.717, 1.165) is 17.2 Å². The van der Waals surface area contributed by atoms with Crippen LogP contribution in [0.2, 0.25) is 0 Å². The standard InChI is InChI=1S/C25H25F3N4O3/c1-4-35-24(34)21-22(30-20-14-16(3)15(2)13-19(20)29-21)31-9-11-32(12-10-31)23(33)17-7-5-6-8-18(17)25(26,27)28/h5-8,13-14H,4,9-12H2,1-3H3. The molecule has 0 unspecified atom stereocenters. The number of anilines is 1. The number of fused-ring (bicyclic) bond motifs is 1. The van der Waals surface area contributed by atoms with Gasteiger partial charge in [0.15, 0.2) is 11.5 Å². The minimum absolute atomic E-state index is 0.0739. The number of aromatic nitrogens is 2. The molecule has 0 radical (unpaired) electrons. The number of benzene rings is 2. The zero-order chi connectivity index (χ0) is 25.3. The van der Waals surface area contributed by atoms with Gasteiger partial charge in [-0.3, -0.25) is 4.79 Å². The van der Waals surface area contributed by atoms with E-state index >= 15 is 0 Å². The molecule has 3 aromatic rings. The third kappa shape index (κ3) is 4.91. The third-order valence-corrected chi connectivity index (χ3v) is 6.06. The number of hydrogen-bond donors (Lipinski definition) is 0. The number of ether oxygens (including phenoxy) is 1. The normalized spacial score (nSPS) is 14.3. The molecular weight excluding hydrogens is 461 g/mol. The minimum atomic E-state index is -4.63. The van der Waals surface area contributed by atoms with Crippen LogP contribution in [-0.4, -0.2) is 59.5 Å². The van der Waals surface area contributed by atoms with Gasteiger partial charge in [-0.05, 0) is 56.2 Å². The van der Waals surface area contributed by atoms with Crippen LogP contribution in [0.4, 0.5) is 19.0 Å². The summed E-state index contributed by atoms with van der Waals surface area (Å²) in [5.74, 6) is -0.950. The first kappa shape index (κ1) is 24.4. The number of esters is 1. The number of nitrogens with zero attached hydrogens (tertiary/aromatic N) is 4. The molecule has 1 fully saturated rings. The van der Waals surface area contributed by atoms with Gasteiger partial charge in [0.05, 0.1) is 28.8 Å². The predicted octanol–water partition coefficient (Wildman–Crippen LogP) is 4.40. The minimum Gasteiger partial charge on any atom is -0.461 e. The fraction of sp³-hybridized carbons (Fsp3) is 0.360. The van der Waals surface area contributed by atoms with Gasteiger partial charge in [-0.25, -0.2) is 14.8 Å². The number of aryl methyl sites for hydroxylation is 2. The maximum Gasteiger partial charge on any atom is 0.417 e. The Labute approximate surface area is 200 Å². The Morgan fingerprint density at radius 3 is 2.17 bits per heavy atom. The van der Waals surface area contributed by atoms with E-state index in [2.05, 4.69) is 9.97 Å². The van der Waals surface area contributed by atoms with Crippen LogP contribution in [0, 0.1) is 13.8 Å². The number of carbonyl (C=O) groups excluding carboxylic acids is 2.